The van der Waals surface area contributed by atoms with Crippen LogP contribution in [0.2, 0.25) is 0 Å². The van der Waals surface area contributed by atoms with Crippen LogP contribution >= 0.6 is 11.3 Å². The summed E-state index contributed by atoms with van der Waals surface area (Å²) in [7, 11) is 0. The average molecular weight is 400 g/mol. The van der Waals surface area contributed by atoms with Crippen molar-refractivity contribution in [2.45, 2.75) is 51.6 Å². The summed E-state index contributed by atoms with van der Waals surface area (Å²) in [5.74, 6) is 1.28. The Bertz CT molecular complexity index is 843. The van der Waals surface area contributed by atoms with Crippen LogP contribution in [0, 0.1) is 11.3 Å². The van der Waals surface area contributed by atoms with Crippen molar-refractivity contribution < 1.29 is 4.79 Å². The van der Waals surface area contributed by atoms with Gasteiger partial charge in [-0.2, -0.15) is 0 Å². The van der Waals surface area contributed by atoms with Gasteiger partial charge in [0.25, 0.3) is 0 Å². The molecule has 0 unspecified atom stereocenters. The van der Waals surface area contributed by atoms with E-state index in [1.54, 1.807) is 11.3 Å². The molecule has 1 amide bonds. The zero-order valence-electron chi connectivity index (χ0n) is 16.8. The Morgan fingerprint density at radius 1 is 1.32 bits per heavy atom. The number of hydrogen-bond acceptors (Lipinski definition) is 5. The van der Waals surface area contributed by atoms with E-state index in [-0.39, 0.29) is 11.3 Å². The number of hydrogen-bond donors (Lipinski definition) is 0. The van der Waals surface area contributed by atoms with Crippen LogP contribution in [0.3, 0.4) is 0 Å². The van der Waals surface area contributed by atoms with E-state index in [0.717, 1.165) is 55.8 Å². The molecule has 0 N–H and O–H groups in total. The van der Waals surface area contributed by atoms with Crippen LogP contribution < -0.4 is 0 Å². The van der Waals surface area contributed by atoms with Gasteiger partial charge in [0.15, 0.2) is 0 Å². The van der Waals surface area contributed by atoms with Crippen molar-refractivity contribution in [3.05, 3.63) is 34.8 Å². The molecular formula is C21H29N5OS. The van der Waals surface area contributed by atoms with E-state index in [2.05, 4.69) is 39.4 Å². The minimum atomic E-state index is -0.317. The van der Waals surface area contributed by atoms with Crippen molar-refractivity contribution in [3.8, 4) is 0 Å². The van der Waals surface area contributed by atoms with E-state index >= 15 is 0 Å². The first-order valence-corrected chi connectivity index (χ1v) is 11.4. The van der Waals surface area contributed by atoms with Gasteiger partial charge < -0.3 is 9.47 Å². The molecule has 3 aliphatic rings. The van der Waals surface area contributed by atoms with Gasteiger partial charge in [-0.15, -0.1) is 11.3 Å². The Morgan fingerprint density at radius 3 is 2.86 bits per heavy atom. The molecule has 0 bridgehead atoms. The lowest BCUT2D eigenvalue weighted by molar-refractivity contribution is -0.136. The Labute approximate surface area is 170 Å². The molecule has 1 saturated carbocycles. The molecule has 2 saturated heterocycles. The summed E-state index contributed by atoms with van der Waals surface area (Å²) < 4.78 is 2.16. The Hall–Kier alpha value is -1.73. The average Bonchev–Trinajstić information content (AvgIpc) is 3.09. The third kappa shape index (κ3) is 3.18. The van der Waals surface area contributed by atoms with Crippen LogP contribution in [0.5, 0.6) is 0 Å². The van der Waals surface area contributed by atoms with Gasteiger partial charge in [-0.25, -0.2) is 9.97 Å². The number of carbonyl (C=O) groups is 1. The van der Waals surface area contributed by atoms with Crippen molar-refractivity contribution in [1.29, 1.82) is 0 Å². The minimum Gasteiger partial charge on any atom is -0.342 e. The predicted molar refractivity (Wildman–Crippen MR) is 109 cm³/mol. The Balaban J connectivity index is 1.43. The van der Waals surface area contributed by atoms with Gasteiger partial charge in [0.2, 0.25) is 5.91 Å². The standard InChI is InChI=1S/C21H29N5OS/c1-15(2)26-11-18(23-14-26)17-10-24(12-19-22-6-8-28-19)13-21(17)5-7-25(20(21)27)9-16-3-4-16/h6,8,11,14-17H,3-5,7,9-10,12-13H2,1-2H3/t17-,21-/m0/s1. The van der Waals surface area contributed by atoms with Crippen molar-refractivity contribution >= 4 is 17.2 Å². The van der Waals surface area contributed by atoms with Gasteiger partial charge in [0.05, 0.1) is 24.0 Å². The zero-order chi connectivity index (χ0) is 19.3. The summed E-state index contributed by atoms with van der Waals surface area (Å²) in [6.07, 6.45) is 9.49. The summed E-state index contributed by atoms with van der Waals surface area (Å²) in [5, 5.41) is 3.16. The van der Waals surface area contributed by atoms with Gasteiger partial charge in [-0.1, -0.05) is 0 Å². The van der Waals surface area contributed by atoms with Gasteiger partial charge in [0.1, 0.15) is 5.01 Å². The lowest BCUT2D eigenvalue weighted by Crippen LogP contribution is -2.40. The molecule has 5 rings (SSSR count). The van der Waals surface area contributed by atoms with Crippen LogP contribution in [-0.4, -0.2) is 56.4 Å². The molecule has 4 heterocycles. The van der Waals surface area contributed by atoms with E-state index in [0.29, 0.717) is 11.9 Å². The normalized spacial score (nSPS) is 28.3. The molecule has 1 spiro atoms. The zero-order valence-corrected chi connectivity index (χ0v) is 17.6. The van der Waals surface area contributed by atoms with Crippen LogP contribution in [-0.2, 0) is 11.3 Å². The molecule has 28 heavy (non-hydrogen) atoms. The third-order valence-corrected chi connectivity index (χ3v) is 7.51. The second-order valence-corrected chi connectivity index (χ2v) is 10.1. The largest absolute Gasteiger partial charge is 0.342 e. The van der Waals surface area contributed by atoms with Crippen molar-refractivity contribution in [2.75, 3.05) is 26.2 Å². The fourth-order valence-corrected chi connectivity index (χ4v) is 5.61. The molecule has 1 aliphatic carbocycles. The van der Waals surface area contributed by atoms with E-state index in [1.807, 2.05) is 17.9 Å². The van der Waals surface area contributed by atoms with E-state index < -0.39 is 0 Å². The number of aromatic nitrogens is 3. The van der Waals surface area contributed by atoms with Crippen LogP contribution in [0.1, 0.15) is 55.8 Å². The lowest BCUT2D eigenvalue weighted by atomic mass is 9.75. The number of thiazole rings is 1. The van der Waals surface area contributed by atoms with Gasteiger partial charge >= 0.3 is 0 Å². The number of likely N-dealkylation sites (tertiary alicyclic amines) is 2. The van der Waals surface area contributed by atoms with Crippen LogP contribution in [0.25, 0.3) is 0 Å². The van der Waals surface area contributed by atoms with E-state index in [1.165, 1.54) is 12.8 Å². The van der Waals surface area contributed by atoms with Gasteiger partial charge in [-0.05, 0) is 39.0 Å². The second-order valence-electron chi connectivity index (χ2n) is 9.09. The molecule has 7 heteroatoms. The van der Waals surface area contributed by atoms with Gasteiger partial charge in [0, 0.05) is 55.9 Å². The lowest BCUT2D eigenvalue weighted by Gasteiger charge is -2.28. The molecule has 2 aromatic rings. The SMILES string of the molecule is CC(C)n1cnc([C@@H]2CN(Cc3nccs3)C[C@@]23CCN(CC2CC2)C3=O)c1. The van der Waals surface area contributed by atoms with Crippen LogP contribution in [0.15, 0.2) is 24.1 Å². The number of carbonyl (C=O) groups excluding carboxylic acids is 1. The minimum absolute atomic E-state index is 0.171. The monoisotopic (exact) mass is 399 g/mol. The molecule has 6 nitrogen and oxygen atoms in total. The maximum Gasteiger partial charge on any atom is 0.230 e. The fourth-order valence-electron chi connectivity index (χ4n) is 4.96. The summed E-state index contributed by atoms with van der Waals surface area (Å²) in [4.78, 5) is 27.4. The summed E-state index contributed by atoms with van der Waals surface area (Å²) in [6, 6.07) is 0.385. The molecule has 2 aliphatic heterocycles. The Kier molecular flexibility index (Phi) is 4.55. The van der Waals surface area contributed by atoms with Crippen LogP contribution in [0.4, 0.5) is 0 Å². The quantitative estimate of drug-likeness (QED) is 0.749. The number of rotatable bonds is 6. The van der Waals surface area contributed by atoms with E-state index in [4.69, 9.17) is 4.98 Å². The maximum absolute atomic E-state index is 13.6. The predicted octanol–water partition coefficient (Wildman–Crippen LogP) is 3.15. The topological polar surface area (TPSA) is 54.3 Å². The first-order chi connectivity index (χ1) is 13.5. The molecule has 2 aromatic heterocycles. The van der Waals surface area contributed by atoms with Crippen molar-refractivity contribution in [3.63, 3.8) is 0 Å². The molecular weight excluding hydrogens is 370 g/mol. The highest BCUT2D eigenvalue weighted by Crippen LogP contribution is 2.50. The summed E-state index contributed by atoms with van der Waals surface area (Å²) in [5.41, 5.74) is 0.763. The van der Waals surface area contributed by atoms with Crippen molar-refractivity contribution in [2.24, 2.45) is 11.3 Å². The Morgan fingerprint density at radius 2 is 2.18 bits per heavy atom. The number of imidazole rings is 1. The van der Waals surface area contributed by atoms with E-state index in [9.17, 15) is 4.79 Å². The number of amides is 1. The summed E-state index contributed by atoms with van der Waals surface area (Å²) >= 11 is 1.70. The molecule has 2 atom stereocenters. The first-order valence-electron chi connectivity index (χ1n) is 10.5. The smallest absolute Gasteiger partial charge is 0.230 e. The molecule has 150 valence electrons. The number of nitrogens with zero attached hydrogens (tertiary/aromatic N) is 5. The molecule has 0 radical (unpaired) electrons. The molecule has 3 fully saturated rings. The summed E-state index contributed by atoms with van der Waals surface area (Å²) in [6.45, 7) is 8.74. The highest BCUT2D eigenvalue weighted by molar-refractivity contribution is 7.09. The maximum atomic E-state index is 13.6. The molecule has 0 aromatic carbocycles. The third-order valence-electron chi connectivity index (χ3n) is 6.75. The highest BCUT2D eigenvalue weighted by Gasteiger charge is 2.58. The van der Waals surface area contributed by atoms with Gasteiger partial charge in [-0.3, -0.25) is 9.69 Å². The first kappa shape index (κ1) is 18.3. The fraction of sp³-hybridized carbons (Fsp3) is 0.667. The van der Waals surface area contributed by atoms with Crippen molar-refractivity contribution in [1.82, 2.24) is 24.3 Å². The second kappa shape index (κ2) is 6.95. The highest BCUT2D eigenvalue weighted by atomic mass is 32.1.